The highest BCUT2D eigenvalue weighted by atomic mass is 35.5. The van der Waals surface area contributed by atoms with Crippen LogP contribution in [0.15, 0.2) is 36.4 Å². The Morgan fingerprint density at radius 1 is 1.18 bits per heavy atom. The average Bonchev–Trinajstić information content (AvgIpc) is 3.17. The molecule has 0 spiro atoms. The van der Waals surface area contributed by atoms with Crippen molar-refractivity contribution >= 4 is 23.2 Å². The predicted molar refractivity (Wildman–Crippen MR) is 106 cm³/mol. The lowest BCUT2D eigenvalue weighted by atomic mass is 10.2. The predicted octanol–water partition coefficient (Wildman–Crippen LogP) is 3.21. The molecule has 1 aliphatic heterocycles. The van der Waals surface area contributed by atoms with Gasteiger partial charge in [-0.1, -0.05) is 23.7 Å². The fraction of sp³-hybridized carbons (Fsp3) is 0.350. The third kappa shape index (κ3) is 5.43. The van der Waals surface area contributed by atoms with E-state index in [2.05, 4.69) is 10.6 Å². The van der Waals surface area contributed by atoms with Gasteiger partial charge in [0, 0.05) is 13.2 Å². The summed E-state index contributed by atoms with van der Waals surface area (Å²) in [6.45, 7) is 4.10. The number of hydrogen-bond acceptors (Lipinski definition) is 6. The summed E-state index contributed by atoms with van der Waals surface area (Å²) in [4.78, 5) is 12.2. The Labute approximate surface area is 168 Å². The van der Waals surface area contributed by atoms with E-state index in [1.165, 1.54) is 0 Å². The molecule has 0 aromatic heterocycles. The molecule has 0 unspecified atom stereocenters. The van der Waals surface area contributed by atoms with Crippen LogP contribution in [0.1, 0.15) is 12.5 Å². The van der Waals surface area contributed by atoms with Crippen LogP contribution in [0.4, 0.5) is 5.69 Å². The number of carbonyl (C=O) groups is 1. The number of carbonyl (C=O) groups excluding carboxylic acids is 1. The zero-order valence-corrected chi connectivity index (χ0v) is 16.4. The van der Waals surface area contributed by atoms with Crippen molar-refractivity contribution in [3.8, 4) is 17.2 Å². The molecule has 0 aliphatic carbocycles. The first-order valence-electron chi connectivity index (χ1n) is 9.05. The summed E-state index contributed by atoms with van der Waals surface area (Å²) in [7, 11) is 0. The van der Waals surface area contributed by atoms with Crippen molar-refractivity contribution in [3.63, 3.8) is 0 Å². The molecular weight excluding hydrogens is 384 g/mol. The minimum Gasteiger partial charge on any atom is -0.487 e. The molecule has 2 aromatic rings. The van der Waals surface area contributed by atoms with Gasteiger partial charge >= 0.3 is 0 Å². The van der Waals surface area contributed by atoms with Gasteiger partial charge in [0.1, 0.15) is 6.61 Å². The van der Waals surface area contributed by atoms with E-state index < -0.39 is 0 Å². The van der Waals surface area contributed by atoms with Crippen molar-refractivity contribution in [2.45, 2.75) is 13.5 Å². The minimum atomic E-state index is -0.155. The van der Waals surface area contributed by atoms with Gasteiger partial charge in [-0.15, -0.1) is 0 Å². The van der Waals surface area contributed by atoms with E-state index >= 15 is 0 Å². The van der Waals surface area contributed by atoms with Crippen molar-refractivity contribution < 1.29 is 23.7 Å². The van der Waals surface area contributed by atoms with Crippen LogP contribution in [-0.4, -0.2) is 39.1 Å². The minimum absolute atomic E-state index is 0.0900. The smallest absolute Gasteiger partial charge is 0.239 e. The quantitative estimate of drug-likeness (QED) is 0.590. The average molecular weight is 407 g/mol. The maximum atomic E-state index is 12.2. The molecule has 0 atom stereocenters. The van der Waals surface area contributed by atoms with Gasteiger partial charge in [-0.3, -0.25) is 4.79 Å². The number of rotatable bonds is 10. The van der Waals surface area contributed by atoms with Crippen molar-refractivity contribution in [1.82, 2.24) is 5.32 Å². The van der Waals surface area contributed by atoms with Gasteiger partial charge < -0.3 is 29.6 Å². The third-order valence-electron chi connectivity index (χ3n) is 4.01. The summed E-state index contributed by atoms with van der Waals surface area (Å²) in [5, 5.41) is 6.40. The van der Waals surface area contributed by atoms with Gasteiger partial charge in [0.2, 0.25) is 12.7 Å². The first kappa shape index (κ1) is 20.1. The van der Waals surface area contributed by atoms with Crippen LogP contribution in [0.2, 0.25) is 5.02 Å². The third-order valence-corrected chi connectivity index (χ3v) is 4.31. The fourth-order valence-corrected chi connectivity index (χ4v) is 2.86. The van der Waals surface area contributed by atoms with E-state index in [9.17, 15) is 4.79 Å². The molecule has 7 nitrogen and oxygen atoms in total. The summed E-state index contributed by atoms with van der Waals surface area (Å²) in [6, 6.07) is 10.9. The number of fused-ring (bicyclic) bond motifs is 1. The Hall–Kier alpha value is -2.64. The molecule has 0 bridgehead atoms. The van der Waals surface area contributed by atoms with Crippen LogP contribution >= 0.6 is 11.6 Å². The zero-order chi connectivity index (χ0) is 19.8. The monoisotopic (exact) mass is 406 g/mol. The molecule has 1 aliphatic rings. The summed E-state index contributed by atoms with van der Waals surface area (Å²) < 4.78 is 21.6. The molecule has 0 saturated carbocycles. The number of amides is 1. The van der Waals surface area contributed by atoms with E-state index in [1.54, 1.807) is 12.1 Å². The Morgan fingerprint density at radius 2 is 2.04 bits per heavy atom. The van der Waals surface area contributed by atoms with E-state index in [4.69, 9.17) is 30.5 Å². The van der Waals surface area contributed by atoms with Gasteiger partial charge in [0.25, 0.3) is 0 Å². The highest BCUT2D eigenvalue weighted by Gasteiger charge is 2.14. The number of benzene rings is 2. The molecule has 0 radical (unpaired) electrons. The normalized spacial score (nSPS) is 11.9. The lowest BCUT2D eigenvalue weighted by molar-refractivity contribution is -0.119. The van der Waals surface area contributed by atoms with Crippen molar-refractivity contribution in [1.29, 1.82) is 0 Å². The van der Waals surface area contributed by atoms with Gasteiger partial charge in [-0.05, 0) is 36.8 Å². The van der Waals surface area contributed by atoms with Crippen LogP contribution in [0.3, 0.4) is 0 Å². The van der Waals surface area contributed by atoms with Crippen LogP contribution in [-0.2, 0) is 16.1 Å². The topological polar surface area (TPSA) is 78.1 Å². The van der Waals surface area contributed by atoms with Crippen LogP contribution < -0.4 is 24.8 Å². The summed E-state index contributed by atoms with van der Waals surface area (Å²) >= 11 is 6.22. The van der Waals surface area contributed by atoms with Gasteiger partial charge in [-0.25, -0.2) is 0 Å². The van der Waals surface area contributed by atoms with Gasteiger partial charge in [-0.2, -0.15) is 0 Å². The maximum absolute atomic E-state index is 12.2. The van der Waals surface area contributed by atoms with E-state index in [1.807, 2.05) is 31.2 Å². The summed E-state index contributed by atoms with van der Waals surface area (Å²) in [5.74, 6) is 1.76. The standard InChI is InChI=1S/C20H23ClN2O5/c1-2-25-8-9-26-20-15(21)4-3-5-16(20)22-12-19(24)23-11-14-6-7-17-18(10-14)28-13-27-17/h3-7,10,22H,2,8-9,11-13H2,1H3,(H,23,24). The van der Waals surface area contributed by atoms with Crippen LogP contribution in [0.5, 0.6) is 17.2 Å². The second kappa shape index (κ2) is 10.1. The zero-order valence-electron chi connectivity index (χ0n) is 15.6. The molecule has 0 fully saturated rings. The van der Waals surface area contributed by atoms with E-state index in [-0.39, 0.29) is 19.2 Å². The summed E-state index contributed by atoms with van der Waals surface area (Å²) in [6.07, 6.45) is 0. The number of hydrogen-bond donors (Lipinski definition) is 2. The van der Waals surface area contributed by atoms with Gasteiger partial charge in [0.05, 0.1) is 23.9 Å². The molecule has 150 valence electrons. The van der Waals surface area contributed by atoms with Crippen LogP contribution in [0, 0.1) is 0 Å². The van der Waals surface area contributed by atoms with Gasteiger partial charge in [0.15, 0.2) is 17.2 Å². The van der Waals surface area contributed by atoms with E-state index in [0.29, 0.717) is 48.6 Å². The molecule has 8 heteroatoms. The van der Waals surface area contributed by atoms with Crippen molar-refractivity contribution in [3.05, 3.63) is 47.0 Å². The first-order chi connectivity index (χ1) is 13.7. The lowest BCUT2D eigenvalue weighted by Gasteiger charge is -2.15. The Bertz CT molecular complexity index is 815. The van der Waals surface area contributed by atoms with Crippen molar-refractivity contribution in [2.24, 2.45) is 0 Å². The lowest BCUT2D eigenvalue weighted by Crippen LogP contribution is -2.29. The molecule has 3 rings (SSSR count). The van der Waals surface area contributed by atoms with E-state index in [0.717, 1.165) is 11.3 Å². The molecule has 28 heavy (non-hydrogen) atoms. The molecular formula is C20H23ClN2O5. The molecule has 0 saturated heterocycles. The highest BCUT2D eigenvalue weighted by Crippen LogP contribution is 2.33. The van der Waals surface area contributed by atoms with Crippen molar-refractivity contribution in [2.75, 3.05) is 38.5 Å². The Kier molecular flexibility index (Phi) is 7.22. The first-order valence-corrected chi connectivity index (χ1v) is 9.43. The second-order valence-corrected chi connectivity index (χ2v) is 6.39. The molecule has 1 heterocycles. The largest absolute Gasteiger partial charge is 0.487 e. The molecule has 1 amide bonds. The Balaban J connectivity index is 1.49. The summed E-state index contributed by atoms with van der Waals surface area (Å²) in [5.41, 5.74) is 1.59. The number of ether oxygens (including phenoxy) is 4. The number of anilines is 1. The maximum Gasteiger partial charge on any atom is 0.239 e. The number of halogens is 1. The Morgan fingerprint density at radius 3 is 2.89 bits per heavy atom. The molecule has 2 N–H and O–H groups in total. The SMILES string of the molecule is CCOCCOc1c(Cl)cccc1NCC(=O)NCc1ccc2c(c1)OCO2. The molecule has 2 aromatic carbocycles. The van der Waals surface area contributed by atoms with Crippen LogP contribution in [0.25, 0.3) is 0 Å². The second-order valence-electron chi connectivity index (χ2n) is 5.98. The highest BCUT2D eigenvalue weighted by molar-refractivity contribution is 6.32. The number of nitrogens with one attached hydrogen (secondary N) is 2. The fourth-order valence-electron chi connectivity index (χ4n) is 2.63. The number of para-hydroxylation sites is 1.